The lowest BCUT2D eigenvalue weighted by Gasteiger charge is -2.10. The number of alkyl halides is 1. The largest absolute Gasteiger partial charge is 0.508 e. The van der Waals surface area contributed by atoms with Gasteiger partial charge in [-0.05, 0) is 48.9 Å². The van der Waals surface area contributed by atoms with Crippen LogP contribution in [0.15, 0.2) is 18.2 Å². The number of benzene rings is 1. The molecule has 3 N–H and O–H groups in total. The summed E-state index contributed by atoms with van der Waals surface area (Å²) in [5.41, 5.74) is 7.37. The Labute approximate surface area is 88.9 Å². The molecule has 1 aromatic carbocycles. The van der Waals surface area contributed by atoms with Crippen molar-refractivity contribution in [2.45, 2.75) is 37.9 Å². The summed E-state index contributed by atoms with van der Waals surface area (Å²) in [6.07, 6.45) is 3.74. The average molecular weight is 209 g/mol. The Hall–Kier alpha value is -1.09. The van der Waals surface area contributed by atoms with Crippen molar-refractivity contribution in [2.75, 3.05) is 0 Å². The van der Waals surface area contributed by atoms with Crippen LogP contribution in [0.25, 0.3) is 0 Å². The highest BCUT2D eigenvalue weighted by molar-refractivity contribution is 5.36. The zero-order valence-electron chi connectivity index (χ0n) is 8.67. The van der Waals surface area contributed by atoms with Gasteiger partial charge in [-0.2, -0.15) is 0 Å². The van der Waals surface area contributed by atoms with Crippen molar-refractivity contribution in [3.05, 3.63) is 29.3 Å². The number of aromatic hydroxyl groups is 1. The minimum Gasteiger partial charge on any atom is -0.508 e. The average Bonchev–Trinajstić information content (AvgIpc) is 2.96. The van der Waals surface area contributed by atoms with E-state index < -0.39 is 6.67 Å². The molecular formula is C12H16FNO. The molecular weight excluding hydrogens is 193 g/mol. The van der Waals surface area contributed by atoms with E-state index in [9.17, 15) is 9.50 Å². The maximum Gasteiger partial charge on any atom is 0.118 e. The summed E-state index contributed by atoms with van der Waals surface area (Å²) < 4.78 is 12.4. The second kappa shape index (κ2) is 3.81. The van der Waals surface area contributed by atoms with E-state index in [0.717, 1.165) is 31.2 Å². The third-order valence-electron chi connectivity index (χ3n) is 3.08. The van der Waals surface area contributed by atoms with Crippen molar-refractivity contribution in [3.8, 4) is 5.75 Å². The molecule has 0 saturated heterocycles. The van der Waals surface area contributed by atoms with Gasteiger partial charge in [0.25, 0.3) is 0 Å². The molecule has 1 aliphatic rings. The summed E-state index contributed by atoms with van der Waals surface area (Å²) in [6, 6.07) is 4.88. The molecule has 0 heterocycles. The quantitative estimate of drug-likeness (QED) is 0.799. The first kappa shape index (κ1) is 10.4. The molecule has 1 fully saturated rings. The van der Waals surface area contributed by atoms with Gasteiger partial charge in [-0.25, -0.2) is 4.39 Å². The van der Waals surface area contributed by atoms with E-state index in [-0.39, 0.29) is 11.3 Å². The lowest BCUT2D eigenvalue weighted by atomic mass is 10.0. The molecule has 0 atom stereocenters. The highest BCUT2D eigenvalue weighted by Gasteiger charge is 2.37. The van der Waals surface area contributed by atoms with Crippen LogP contribution in [0, 0.1) is 0 Å². The first-order chi connectivity index (χ1) is 7.13. The van der Waals surface area contributed by atoms with Crippen LogP contribution in [0.4, 0.5) is 4.39 Å². The van der Waals surface area contributed by atoms with Gasteiger partial charge in [-0.3, -0.25) is 0 Å². The van der Waals surface area contributed by atoms with Gasteiger partial charge in [0.15, 0.2) is 0 Å². The maximum atomic E-state index is 12.4. The highest BCUT2D eigenvalue weighted by atomic mass is 19.1. The molecule has 0 spiro atoms. The molecule has 3 heteroatoms. The first-order valence-corrected chi connectivity index (χ1v) is 5.29. The van der Waals surface area contributed by atoms with E-state index in [1.807, 2.05) is 0 Å². The van der Waals surface area contributed by atoms with Gasteiger partial charge in [-0.1, -0.05) is 6.07 Å². The van der Waals surface area contributed by atoms with Gasteiger partial charge in [-0.15, -0.1) is 0 Å². The molecule has 15 heavy (non-hydrogen) atoms. The predicted octanol–water partition coefficient (Wildman–Crippen LogP) is 2.29. The number of phenolic OH excluding ortho intramolecular Hbond substituents is 1. The van der Waals surface area contributed by atoms with Crippen LogP contribution < -0.4 is 5.73 Å². The van der Waals surface area contributed by atoms with Gasteiger partial charge in [0, 0.05) is 5.54 Å². The highest BCUT2D eigenvalue weighted by Crippen LogP contribution is 2.37. The van der Waals surface area contributed by atoms with Crippen LogP contribution in [-0.4, -0.2) is 10.6 Å². The third-order valence-corrected chi connectivity index (χ3v) is 3.08. The standard InChI is InChI=1S/C12H16FNO/c13-8-9-1-2-11(15)10(7-9)3-4-12(14)5-6-12/h1-2,7,15H,3-6,8,14H2. The Morgan fingerprint density at radius 2 is 2.13 bits per heavy atom. The SMILES string of the molecule is NC1(CCc2cc(CF)ccc2O)CC1. The molecule has 0 aliphatic heterocycles. The molecule has 0 radical (unpaired) electrons. The van der Waals surface area contributed by atoms with E-state index in [2.05, 4.69) is 0 Å². The van der Waals surface area contributed by atoms with Crippen molar-refractivity contribution >= 4 is 0 Å². The number of phenols is 1. The number of nitrogens with two attached hydrogens (primary N) is 1. The van der Waals surface area contributed by atoms with E-state index >= 15 is 0 Å². The van der Waals surface area contributed by atoms with Crippen LogP contribution in [0.1, 0.15) is 30.4 Å². The van der Waals surface area contributed by atoms with Gasteiger partial charge < -0.3 is 10.8 Å². The second-order valence-electron chi connectivity index (χ2n) is 4.46. The fraction of sp³-hybridized carbons (Fsp3) is 0.500. The number of hydrogen-bond donors (Lipinski definition) is 2. The topological polar surface area (TPSA) is 46.2 Å². The molecule has 1 saturated carbocycles. The minimum absolute atomic E-state index is 0.0157. The zero-order valence-corrected chi connectivity index (χ0v) is 8.67. The second-order valence-corrected chi connectivity index (χ2v) is 4.46. The lowest BCUT2D eigenvalue weighted by molar-refractivity contribution is 0.460. The first-order valence-electron chi connectivity index (χ1n) is 5.29. The fourth-order valence-electron chi connectivity index (χ4n) is 1.72. The van der Waals surface area contributed by atoms with Crippen LogP contribution in [0.2, 0.25) is 0 Å². The van der Waals surface area contributed by atoms with Crippen molar-refractivity contribution < 1.29 is 9.50 Å². The monoisotopic (exact) mass is 209 g/mol. The summed E-state index contributed by atoms with van der Waals surface area (Å²) in [5, 5.41) is 9.58. The van der Waals surface area contributed by atoms with Crippen molar-refractivity contribution in [1.82, 2.24) is 0 Å². The summed E-state index contributed by atoms with van der Waals surface area (Å²) in [5.74, 6) is 0.247. The molecule has 2 rings (SSSR count). The van der Waals surface area contributed by atoms with Crippen LogP contribution in [0.5, 0.6) is 5.75 Å². The van der Waals surface area contributed by atoms with Gasteiger partial charge >= 0.3 is 0 Å². The van der Waals surface area contributed by atoms with Gasteiger partial charge in [0.2, 0.25) is 0 Å². The van der Waals surface area contributed by atoms with Gasteiger partial charge in [0.05, 0.1) is 0 Å². The smallest absolute Gasteiger partial charge is 0.118 e. The number of halogens is 1. The molecule has 82 valence electrons. The molecule has 0 unspecified atom stereocenters. The minimum atomic E-state index is -0.485. The van der Waals surface area contributed by atoms with E-state index in [0.29, 0.717) is 5.56 Å². The van der Waals surface area contributed by atoms with E-state index in [4.69, 9.17) is 5.73 Å². The Bertz CT molecular complexity index is 361. The van der Waals surface area contributed by atoms with Crippen LogP contribution >= 0.6 is 0 Å². The molecule has 0 amide bonds. The predicted molar refractivity (Wildman–Crippen MR) is 57.4 cm³/mol. The summed E-state index contributed by atoms with van der Waals surface area (Å²) in [4.78, 5) is 0. The van der Waals surface area contributed by atoms with Crippen molar-refractivity contribution in [1.29, 1.82) is 0 Å². The fourth-order valence-corrected chi connectivity index (χ4v) is 1.72. The Morgan fingerprint density at radius 3 is 2.73 bits per heavy atom. The number of hydrogen-bond acceptors (Lipinski definition) is 2. The maximum absolute atomic E-state index is 12.4. The number of rotatable bonds is 4. The van der Waals surface area contributed by atoms with E-state index in [1.165, 1.54) is 0 Å². The third kappa shape index (κ3) is 2.48. The Balaban J connectivity index is 2.05. The lowest BCUT2D eigenvalue weighted by Crippen LogP contribution is -2.22. The van der Waals surface area contributed by atoms with Gasteiger partial charge in [0.1, 0.15) is 12.4 Å². The van der Waals surface area contributed by atoms with Crippen molar-refractivity contribution in [2.24, 2.45) is 5.73 Å². The summed E-state index contributed by atoms with van der Waals surface area (Å²) in [6.45, 7) is -0.485. The number of aryl methyl sites for hydroxylation is 1. The molecule has 1 aromatic rings. The van der Waals surface area contributed by atoms with E-state index in [1.54, 1.807) is 18.2 Å². The Morgan fingerprint density at radius 1 is 1.40 bits per heavy atom. The molecule has 0 aromatic heterocycles. The molecule has 2 nitrogen and oxygen atoms in total. The van der Waals surface area contributed by atoms with Crippen LogP contribution in [-0.2, 0) is 13.1 Å². The van der Waals surface area contributed by atoms with Crippen molar-refractivity contribution in [3.63, 3.8) is 0 Å². The zero-order chi connectivity index (χ0) is 10.9. The summed E-state index contributed by atoms with van der Waals surface area (Å²) >= 11 is 0. The molecule has 1 aliphatic carbocycles. The Kier molecular flexibility index (Phi) is 2.65. The summed E-state index contributed by atoms with van der Waals surface area (Å²) in [7, 11) is 0. The normalized spacial score (nSPS) is 17.7. The molecule has 0 bridgehead atoms. The van der Waals surface area contributed by atoms with Crippen LogP contribution in [0.3, 0.4) is 0 Å².